The van der Waals surface area contributed by atoms with E-state index in [2.05, 4.69) is 61.5 Å². The molecule has 1 saturated heterocycles. The summed E-state index contributed by atoms with van der Waals surface area (Å²) in [5.41, 5.74) is 13.0. The van der Waals surface area contributed by atoms with Gasteiger partial charge in [0.1, 0.15) is 18.9 Å². The van der Waals surface area contributed by atoms with E-state index in [0.29, 0.717) is 43.5 Å². The topological polar surface area (TPSA) is 240 Å². The number of amides is 5. The van der Waals surface area contributed by atoms with Crippen molar-refractivity contribution >= 4 is 67.9 Å². The van der Waals surface area contributed by atoms with Crippen LogP contribution < -0.4 is 27.4 Å². The van der Waals surface area contributed by atoms with Crippen LogP contribution in [0.2, 0.25) is 0 Å². The van der Waals surface area contributed by atoms with Crippen molar-refractivity contribution in [3.05, 3.63) is 65.7 Å². The van der Waals surface area contributed by atoms with E-state index >= 15 is 0 Å². The zero-order valence-electron chi connectivity index (χ0n) is 38.9. The predicted octanol–water partition coefficient (Wildman–Crippen LogP) is 5.49. The Morgan fingerprint density at radius 2 is 1.53 bits per heavy atom. The van der Waals surface area contributed by atoms with Crippen LogP contribution in [0.15, 0.2) is 54.6 Å². The van der Waals surface area contributed by atoms with E-state index in [0.717, 1.165) is 36.0 Å². The molecule has 2 aromatic carbocycles. The van der Waals surface area contributed by atoms with Crippen molar-refractivity contribution in [3.63, 3.8) is 0 Å². The van der Waals surface area contributed by atoms with Crippen molar-refractivity contribution in [1.29, 1.82) is 0 Å². The van der Waals surface area contributed by atoms with Gasteiger partial charge in [0, 0.05) is 38.1 Å². The molecule has 350 valence electrons. The van der Waals surface area contributed by atoms with E-state index in [1.807, 2.05) is 59.7 Å². The first kappa shape index (κ1) is 64.1. The summed E-state index contributed by atoms with van der Waals surface area (Å²) < 4.78 is 4.70. The van der Waals surface area contributed by atoms with Gasteiger partial charge in [-0.3, -0.25) is 33.7 Å². The Labute approximate surface area is 378 Å². The van der Waals surface area contributed by atoms with Crippen molar-refractivity contribution in [1.82, 2.24) is 15.5 Å². The Morgan fingerprint density at radius 3 is 1.89 bits per heavy atom. The maximum Gasteiger partial charge on any atom is 0.246 e. The Morgan fingerprint density at radius 1 is 0.952 bits per heavy atom. The number of anilines is 1. The first-order valence-corrected chi connectivity index (χ1v) is 21.8. The highest BCUT2D eigenvalue weighted by Crippen LogP contribution is 2.17. The molecule has 15 nitrogen and oxygen atoms in total. The highest BCUT2D eigenvalue weighted by atomic mass is 32.1. The predicted molar refractivity (Wildman–Crippen MR) is 254 cm³/mol. The first-order valence-electron chi connectivity index (χ1n) is 21.2. The third kappa shape index (κ3) is 38.4. The van der Waals surface area contributed by atoms with E-state index in [-0.39, 0.29) is 56.2 Å². The summed E-state index contributed by atoms with van der Waals surface area (Å²) in [4.78, 5) is 78.2. The highest BCUT2D eigenvalue weighted by molar-refractivity contribution is 7.81. The third-order valence-corrected chi connectivity index (χ3v) is 7.96. The molecule has 2 aromatic rings. The van der Waals surface area contributed by atoms with Crippen LogP contribution in [0.1, 0.15) is 111 Å². The summed E-state index contributed by atoms with van der Waals surface area (Å²) in [6, 6.07) is 16.4. The third-order valence-electron chi connectivity index (χ3n) is 7.55. The number of hydrogen-bond acceptors (Lipinski definition) is 12. The van der Waals surface area contributed by atoms with E-state index in [1.165, 1.54) is 5.56 Å². The number of carbonyl (C=O) groups is 7. The normalized spacial score (nSPS) is 12.6. The quantitative estimate of drug-likeness (QED) is 0.0325. The van der Waals surface area contributed by atoms with E-state index < -0.39 is 23.1 Å². The Hall–Kier alpha value is -4.58. The number of nitrogens with zero attached hydrogens (tertiary/aromatic N) is 1. The minimum Gasteiger partial charge on any atom is -0.470 e. The van der Waals surface area contributed by atoms with Crippen molar-refractivity contribution in [2.75, 3.05) is 38.6 Å². The molecule has 62 heavy (non-hydrogen) atoms. The van der Waals surface area contributed by atoms with Crippen molar-refractivity contribution in [2.24, 2.45) is 23.3 Å². The second-order valence-electron chi connectivity index (χ2n) is 13.9. The molecule has 0 aromatic heterocycles. The van der Waals surface area contributed by atoms with Crippen LogP contribution in [0.5, 0.6) is 0 Å². The van der Waals surface area contributed by atoms with Crippen LogP contribution in [0, 0.1) is 18.8 Å². The number of rotatable bonds is 18. The number of aldehydes is 1. The van der Waals surface area contributed by atoms with Gasteiger partial charge in [-0.25, -0.2) is 0 Å². The number of aliphatic hydroxyl groups is 1. The number of likely N-dealkylation sites (tertiary alicyclic amines) is 1. The molecule has 8 N–H and O–H groups in total. The number of unbranched alkanes of at least 4 members (excludes halogenated alkanes) is 1. The van der Waals surface area contributed by atoms with E-state index in [1.54, 1.807) is 31.3 Å². The minimum atomic E-state index is -0.847. The van der Waals surface area contributed by atoms with Crippen molar-refractivity contribution < 1.29 is 43.4 Å². The number of aliphatic hydroxyl groups excluding tert-OH is 1. The lowest BCUT2D eigenvalue weighted by atomic mass is 10.1. The number of carbonyl (C=O) groups excluding carboxylic acids is 7. The molecule has 0 aliphatic carbocycles. The first-order chi connectivity index (χ1) is 29.4. The molecule has 0 bridgehead atoms. The average molecular weight is 889 g/mol. The second-order valence-corrected chi connectivity index (χ2v) is 14.5. The number of aryl methyl sites for hydroxylation is 1. The zero-order chi connectivity index (χ0) is 48.5. The molecule has 3 rings (SSSR count). The van der Waals surface area contributed by atoms with Gasteiger partial charge >= 0.3 is 0 Å². The fraction of sp³-hybridized carbons (Fsp3) is 0.578. The summed E-state index contributed by atoms with van der Waals surface area (Å²) in [6.07, 6.45) is 4.71. The number of hydrogen-bond donors (Lipinski definition) is 7. The van der Waals surface area contributed by atoms with Crippen molar-refractivity contribution in [2.45, 2.75) is 125 Å². The van der Waals surface area contributed by atoms with Gasteiger partial charge < -0.3 is 42.1 Å². The Balaban J connectivity index is -0.000000385. The van der Waals surface area contributed by atoms with Gasteiger partial charge in [-0.05, 0) is 75.7 Å². The van der Waals surface area contributed by atoms with E-state index in [4.69, 9.17) is 29.2 Å². The number of thiol groups is 1. The molecule has 5 amide bonds. The Bertz CT molecular complexity index is 1490. The lowest BCUT2D eigenvalue weighted by Crippen LogP contribution is -2.46. The van der Waals surface area contributed by atoms with Crippen molar-refractivity contribution in [3.8, 4) is 0 Å². The molecule has 2 unspecified atom stereocenters. The minimum absolute atomic E-state index is 0.0119. The SMILES string of the molecule is CC.CC.CC(C)CC=O.CC(C)CCO.Cc1ccccc1.NC(=O)CCN1C(=O)CC(S)C1=O.[B]C(=O)OCc1ccc(NC(=O)C(CCCCN)NC(=O)CNC)cc1. The standard InChI is InChI=1S/C17H25BN4O4.C7H10N2O3S.C7H8.C5H12O.C5H10O.2C2H6/c1-20-10-15(23)22-14(4-2-3-9-19)16(24)21-13-7-5-12(6-8-13)11-26-17(18)25;8-5(10)1-2-9-6(11)3-4(13)7(9)12;1-7-5-3-2-4-6-7;2*1-5(2)3-4-6;2*1-2/h5-8,14,20H,2-4,9-11,19H2,1H3,(H,21,24)(H,22,23);4,13H,1-3H2,(H2,8,10);2-6H,1H3;5-6H,3-4H2,1-2H3;4-5H,3H2,1-2H3;2*1-2H3. The van der Waals surface area contributed by atoms with Gasteiger partial charge in [0.05, 0.1) is 11.8 Å². The van der Waals surface area contributed by atoms with Crippen LogP contribution in [0.3, 0.4) is 0 Å². The molecule has 1 aliphatic heterocycles. The number of nitrogens with one attached hydrogen (secondary N) is 3. The van der Waals surface area contributed by atoms with Gasteiger partial charge in [0.15, 0.2) is 0 Å². The lowest BCUT2D eigenvalue weighted by Gasteiger charge is -2.18. The van der Waals surface area contributed by atoms with Crippen LogP contribution >= 0.6 is 12.6 Å². The Kier molecular flexibility index (Phi) is 44.5. The molecule has 17 heteroatoms. The number of ether oxygens (including phenoxy) is 1. The molecule has 0 saturated carbocycles. The van der Waals surface area contributed by atoms with Gasteiger partial charge in [-0.15, -0.1) is 0 Å². The fourth-order valence-electron chi connectivity index (χ4n) is 4.34. The molecule has 1 heterocycles. The number of benzene rings is 2. The highest BCUT2D eigenvalue weighted by Gasteiger charge is 2.36. The van der Waals surface area contributed by atoms with Gasteiger partial charge in [0.25, 0.3) is 0 Å². The summed E-state index contributed by atoms with van der Waals surface area (Å²) >= 11 is 3.92. The number of likely N-dealkylation sites (N-methyl/N-ethyl adjacent to an activating group) is 1. The largest absolute Gasteiger partial charge is 0.470 e. The molecule has 1 fully saturated rings. The van der Waals surface area contributed by atoms with E-state index in [9.17, 15) is 33.6 Å². The number of nitrogens with two attached hydrogens (primary N) is 2. The lowest BCUT2D eigenvalue weighted by molar-refractivity contribution is -0.138. The molecule has 2 atom stereocenters. The maximum atomic E-state index is 12.5. The summed E-state index contributed by atoms with van der Waals surface area (Å²) in [6.45, 7) is 19.4. The molecular formula is C45H77BN6O9S. The van der Waals surface area contributed by atoms with Gasteiger partial charge in [-0.2, -0.15) is 12.6 Å². The van der Waals surface area contributed by atoms with Gasteiger partial charge in [-0.1, -0.05) is 103 Å². The van der Waals surface area contributed by atoms with Crippen LogP contribution in [0.4, 0.5) is 10.5 Å². The summed E-state index contributed by atoms with van der Waals surface area (Å²) in [7, 11) is 6.57. The number of primary amides is 1. The number of imide groups is 1. The average Bonchev–Trinajstić information content (AvgIpc) is 3.47. The molecule has 2 radical (unpaired) electrons. The van der Waals surface area contributed by atoms with Gasteiger partial charge in [0.2, 0.25) is 43.3 Å². The monoisotopic (exact) mass is 889 g/mol. The van der Waals surface area contributed by atoms with Crippen LogP contribution in [0.25, 0.3) is 0 Å². The fourth-order valence-corrected chi connectivity index (χ4v) is 4.64. The maximum absolute atomic E-state index is 12.5. The smallest absolute Gasteiger partial charge is 0.246 e. The van der Waals surface area contributed by atoms with Crippen LogP contribution in [-0.2, 0) is 40.1 Å². The molecule has 1 aliphatic rings. The zero-order valence-corrected chi connectivity index (χ0v) is 39.8. The molecule has 0 spiro atoms. The molecular weight excluding hydrogens is 811 g/mol. The summed E-state index contributed by atoms with van der Waals surface area (Å²) in [5, 5.41) is 15.9. The summed E-state index contributed by atoms with van der Waals surface area (Å²) in [5.74, 6) is -1.37. The van der Waals surface area contributed by atoms with Crippen LogP contribution in [-0.4, -0.2) is 104 Å². The second kappa shape index (κ2) is 43.1.